The Balaban J connectivity index is 1.91. The fourth-order valence-electron chi connectivity index (χ4n) is 3.01. The van der Waals surface area contributed by atoms with Crippen molar-refractivity contribution < 1.29 is 28.7 Å². The maximum atomic E-state index is 12.3. The molecule has 29 heavy (non-hydrogen) atoms. The Morgan fingerprint density at radius 3 is 2.41 bits per heavy atom. The van der Waals surface area contributed by atoms with Crippen LogP contribution in [0, 0.1) is 13.8 Å². The minimum Gasteiger partial charge on any atom is -0.493 e. The number of aryl methyl sites for hydroxylation is 1. The summed E-state index contributed by atoms with van der Waals surface area (Å²) in [7, 11) is 0. The number of rotatable bonds is 9. The first-order valence-electron chi connectivity index (χ1n) is 9.15. The van der Waals surface area contributed by atoms with Gasteiger partial charge in [0.1, 0.15) is 12.3 Å². The first-order chi connectivity index (χ1) is 13.8. The maximum absolute atomic E-state index is 12.3. The molecule has 0 aliphatic heterocycles. The summed E-state index contributed by atoms with van der Waals surface area (Å²) in [6.45, 7) is 6.08. The lowest BCUT2D eigenvalue weighted by Gasteiger charge is -2.10. The summed E-state index contributed by atoms with van der Waals surface area (Å²) in [5, 5.41) is 2.44. The van der Waals surface area contributed by atoms with Crippen LogP contribution >= 0.6 is 0 Å². The molecule has 154 valence electrons. The van der Waals surface area contributed by atoms with E-state index in [1.165, 1.54) is 6.92 Å². The molecule has 0 aliphatic rings. The zero-order valence-electron chi connectivity index (χ0n) is 16.9. The van der Waals surface area contributed by atoms with Gasteiger partial charge in [-0.05, 0) is 45.4 Å². The first kappa shape index (κ1) is 21.9. The van der Waals surface area contributed by atoms with Crippen LogP contribution < -0.4 is 10.1 Å². The summed E-state index contributed by atoms with van der Waals surface area (Å²) in [5.41, 5.74) is 2.10. The smallest absolute Gasteiger partial charge is 0.325 e. The highest BCUT2D eigenvalue weighted by Gasteiger charge is 2.21. The standard InChI is InChI=1S/C21H24N2O6/c1-5-28-17-9-7-6-8-15(17)21(27)22-10-18(26)29-11-16(25)20-12(2)19(14(4)24)13(3)23-20/h6-9,23H,5,10-11H2,1-4H3,(H,22,27). The molecule has 0 bridgehead atoms. The van der Waals surface area contributed by atoms with Crippen LogP contribution in [0.25, 0.3) is 0 Å². The number of H-pyrrole nitrogens is 1. The first-order valence-corrected chi connectivity index (χ1v) is 9.15. The highest BCUT2D eigenvalue weighted by atomic mass is 16.5. The van der Waals surface area contributed by atoms with E-state index in [1.807, 2.05) is 0 Å². The average Bonchev–Trinajstić information content (AvgIpc) is 2.99. The number of ether oxygens (including phenoxy) is 2. The molecule has 0 aliphatic carbocycles. The number of Topliss-reactive ketones (excluding diaryl/α,β-unsaturated/α-hetero) is 2. The van der Waals surface area contributed by atoms with Crippen LogP contribution in [0.15, 0.2) is 24.3 Å². The Kier molecular flexibility index (Phi) is 7.30. The third kappa shape index (κ3) is 5.31. The molecule has 2 N–H and O–H groups in total. The number of aromatic amines is 1. The number of amides is 1. The van der Waals surface area contributed by atoms with Crippen molar-refractivity contribution >= 4 is 23.4 Å². The quantitative estimate of drug-likeness (QED) is 0.493. The molecular formula is C21H24N2O6. The van der Waals surface area contributed by atoms with Gasteiger partial charge >= 0.3 is 5.97 Å². The predicted molar refractivity (Wildman–Crippen MR) is 106 cm³/mol. The van der Waals surface area contributed by atoms with Crippen molar-refractivity contribution in [2.45, 2.75) is 27.7 Å². The lowest BCUT2D eigenvalue weighted by atomic mass is 10.1. The number of esters is 1. The van der Waals surface area contributed by atoms with Gasteiger partial charge in [-0.3, -0.25) is 19.2 Å². The molecule has 2 rings (SSSR count). The second-order valence-corrected chi connectivity index (χ2v) is 6.38. The van der Waals surface area contributed by atoms with E-state index in [1.54, 1.807) is 45.0 Å². The third-order valence-electron chi connectivity index (χ3n) is 4.26. The maximum Gasteiger partial charge on any atom is 0.325 e. The van der Waals surface area contributed by atoms with Crippen LogP contribution in [0.3, 0.4) is 0 Å². The molecule has 0 saturated heterocycles. The molecule has 1 heterocycles. The van der Waals surface area contributed by atoms with Crippen molar-refractivity contribution in [3.63, 3.8) is 0 Å². The lowest BCUT2D eigenvalue weighted by Crippen LogP contribution is -2.31. The number of aromatic nitrogens is 1. The van der Waals surface area contributed by atoms with Gasteiger partial charge < -0.3 is 19.8 Å². The normalized spacial score (nSPS) is 10.3. The monoisotopic (exact) mass is 400 g/mol. The highest BCUT2D eigenvalue weighted by molar-refractivity contribution is 6.04. The fraction of sp³-hybridized carbons (Fsp3) is 0.333. The number of benzene rings is 1. The van der Waals surface area contributed by atoms with Gasteiger partial charge in [-0.25, -0.2) is 0 Å². The summed E-state index contributed by atoms with van der Waals surface area (Å²) in [6, 6.07) is 6.66. The van der Waals surface area contributed by atoms with Gasteiger partial charge in [0.2, 0.25) is 5.78 Å². The van der Waals surface area contributed by atoms with Crippen LogP contribution in [0.2, 0.25) is 0 Å². The number of nitrogens with one attached hydrogen (secondary N) is 2. The van der Waals surface area contributed by atoms with Gasteiger partial charge in [0.15, 0.2) is 12.4 Å². The summed E-state index contributed by atoms with van der Waals surface area (Å²) in [6.07, 6.45) is 0. The zero-order valence-corrected chi connectivity index (χ0v) is 16.9. The Hall–Kier alpha value is -3.42. The molecule has 2 aromatic rings. The van der Waals surface area contributed by atoms with Gasteiger partial charge in [-0.15, -0.1) is 0 Å². The van der Waals surface area contributed by atoms with Crippen LogP contribution in [-0.4, -0.2) is 48.2 Å². The molecule has 0 atom stereocenters. The molecule has 1 aromatic carbocycles. The number of hydrogen-bond donors (Lipinski definition) is 2. The lowest BCUT2D eigenvalue weighted by molar-refractivity contribution is -0.141. The Morgan fingerprint density at radius 1 is 1.10 bits per heavy atom. The van der Waals surface area contributed by atoms with Crippen LogP contribution in [0.5, 0.6) is 5.75 Å². The van der Waals surface area contributed by atoms with Crippen LogP contribution in [-0.2, 0) is 9.53 Å². The van der Waals surface area contributed by atoms with Gasteiger partial charge in [-0.1, -0.05) is 12.1 Å². The van der Waals surface area contributed by atoms with E-state index in [-0.39, 0.29) is 11.5 Å². The van der Waals surface area contributed by atoms with Crippen LogP contribution in [0.4, 0.5) is 0 Å². The van der Waals surface area contributed by atoms with E-state index >= 15 is 0 Å². The third-order valence-corrected chi connectivity index (χ3v) is 4.26. The zero-order chi connectivity index (χ0) is 21.6. The number of carbonyl (C=O) groups is 4. The van der Waals surface area contributed by atoms with Crippen molar-refractivity contribution in [3.05, 3.63) is 52.3 Å². The molecule has 0 unspecified atom stereocenters. The largest absolute Gasteiger partial charge is 0.493 e. The topological polar surface area (TPSA) is 115 Å². The number of ketones is 2. The molecule has 1 amide bonds. The van der Waals surface area contributed by atoms with E-state index in [4.69, 9.17) is 9.47 Å². The van der Waals surface area contributed by atoms with Crippen molar-refractivity contribution in [2.75, 3.05) is 19.8 Å². The van der Waals surface area contributed by atoms with Crippen molar-refractivity contribution in [3.8, 4) is 5.75 Å². The second-order valence-electron chi connectivity index (χ2n) is 6.38. The Morgan fingerprint density at radius 2 is 1.79 bits per heavy atom. The van der Waals surface area contributed by atoms with Gasteiger partial charge in [0.25, 0.3) is 5.91 Å². The van der Waals surface area contributed by atoms with Crippen molar-refractivity contribution in [1.29, 1.82) is 0 Å². The minimum absolute atomic E-state index is 0.151. The van der Waals surface area contributed by atoms with E-state index in [0.717, 1.165) is 0 Å². The molecule has 0 spiro atoms. The summed E-state index contributed by atoms with van der Waals surface area (Å²) >= 11 is 0. The molecule has 0 fully saturated rings. The van der Waals surface area contributed by atoms with E-state index in [2.05, 4.69) is 10.3 Å². The minimum atomic E-state index is -0.756. The molecule has 8 heteroatoms. The Labute approximate surface area is 168 Å². The summed E-state index contributed by atoms with van der Waals surface area (Å²) in [4.78, 5) is 51.0. The molecule has 8 nitrogen and oxygen atoms in total. The van der Waals surface area contributed by atoms with Gasteiger partial charge in [0.05, 0.1) is 17.9 Å². The van der Waals surface area contributed by atoms with Crippen molar-refractivity contribution in [1.82, 2.24) is 10.3 Å². The SMILES string of the molecule is CCOc1ccccc1C(=O)NCC(=O)OCC(=O)c1[nH]c(C)c(C(C)=O)c1C. The summed E-state index contributed by atoms with van der Waals surface area (Å²) < 4.78 is 10.3. The van der Waals surface area contributed by atoms with E-state index < -0.39 is 30.8 Å². The summed E-state index contributed by atoms with van der Waals surface area (Å²) in [5.74, 6) is -1.44. The number of carbonyl (C=O) groups excluding carboxylic acids is 4. The molecule has 1 aromatic heterocycles. The molecular weight excluding hydrogens is 376 g/mol. The second kappa shape index (κ2) is 9.68. The Bertz CT molecular complexity index is 945. The number of para-hydroxylation sites is 1. The highest BCUT2D eigenvalue weighted by Crippen LogP contribution is 2.19. The average molecular weight is 400 g/mol. The molecule has 0 radical (unpaired) electrons. The predicted octanol–water partition coefficient (Wildman–Crippen LogP) is 2.39. The van der Waals surface area contributed by atoms with Crippen molar-refractivity contribution in [2.24, 2.45) is 0 Å². The van der Waals surface area contributed by atoms with Crippen LogP contribution in [0.1, 0.15) is 56.3 Å². The van der Waals surface area contributed by atoms with E-state index in [9.17, 15) is 19.2 Å². The fourth-order valence-corrected chi connectivity index (χ4v) is 3.01. The number of hydrogen-bond acceptors (Lipinski definition) is 6. The van der Waals surface area contributed by atoms with E-state index in [0.29, 0.717) is 34.7 Å². The van der Waals surface area contributed by atoms with Gasteiger partial charge in [-0.2, -0.15) is 0 Å². The molecule has 0 saturated carbocycles. The van der Waals surface area contributed by atoms with Gasteiger partial charge in [0, 0.05) is 11.3 Å².